The van der Waals surface area contributed by atoms with Crippen molar-refractivity contribution in [3.63, 3.8) is 0 Å². The fraction of sp³-hybridized carbons (Fsp3) is 0.316. The number of hydrogen-bond donors (Lipinski definition) is 2. The van der Waals surface area contributed by atoms with E-state index < -0.39 is 5.82 Å². The molecule has 0 heterocycles. The number of thiocarbonyl (C=S) groups is 1. The summed E-state index contributed by atoms with van der Waals surface area (Å²) in [5.74, 6) is -0.451. The van der Waals surface area contributed by atoms with E-state index in [1.54, 1.807) is 6.07 Å². The maximum atomic E-state index is 13.2. The van der Waals surface area contributed by atoms with Gasteiger partial charge in [0.25, 0.3) is 0 Å². The van der Waals surface area contributed by atoms with E-state index in [1.807, 2.05) is 6.92 Å². The molecule has 0 aliphatic heterocycles. The number of halogens is 2. The third-order valence-corrected chi connectivity index (χ3v) is 4.31. The SMILES string of the molecule is C[C@H](NC(=S)Nc1ccc(F)c(Cl)c1)c1ccc(C(C)(C)C)cc1. The lowest BCUT2D eigenvalue weighted by atomic mass is 9.86. The molecule has 0 aliphatic carbocycles. The van der Waals surface area contributed by atoms with Crippen molar-refractivity contribution in [1.82, 2.24) is 5.32 Å². The zero-order valence-corrected chi connectivity index (χ0v) is 15.9. The van der Waals surface area contributed by atoms with Crippen molar-refractivity contribution in [2.45, 2.75) is 39.2 Å². The van der Waals surface area contributed by atoms with E-state index in [4.69, 9.17) is 23.8 Å². The zero-order chi connectivity index (χ0) is 17.9. The molecule has 2 rings (SSSR count). The summed E-state index contributed by atoms with van der Waals surface area (Å²) >= 11 is 11.1. The Balaban J connectivity index is 1.99. The van der Waals surface area contributed by atoms with Crippen molar-refractivity contribution < 1.29 is 4.39 Å². The summed E-state index contributed by atoms with van der Waals surface area (Å²) in [5.41, 5.74) is 3.21. The molecule has 2 N–H and O–H groups in total. The first-order valence-corrected chi connectivity index (χ1v) is 8.58. The lowest BCUT2D eigenvalue weighted by molar-refractivity contribution is 0.589. The lowest BCUT2D eigenvalue weighted by Gasteiger charge is -2.21. The molecule has 1 atom stereocenters. The highest BCUT2D eigenvalue weighted by atomic mass is 35.5. The molecule has 0 unspecified atom stereocenters. The largest absolute Gasteiger partial charge is 0.356 e. The van der Waals surface area contributed by atoms with Gasteiger partial charge in [0.15, 0.2) is 5.11 Å². The smallest absolute Gasteiger partial charge is 0.171 e. The molecule has 2 aromatic rings. The Morgan fingerprint density at radius 2 is 1.75 bits per heavy atom. The minimum atomic E-state index is -0.451. The van der Waals surface area contributed by atoms with Crippen LogP contribution in [0.4, 0.5) is 10.1 Å². The van der Waals surface area contributed by atoms with Crippen LogP contribution in [-0.2, 0) is 5.41 Å². The van der Waals surface area contributed by atoms with Crippen LogP contribution in [-0.4, -0.2) is 5.11 Å². The van der Waals surface area contributed by atoms with E-state index >= 15 is 0 Å². The molecule has 24 heavy (non-hydrogen) atoms. The van der Waals surface area contributed by atoms with Crippen LogP contribution in [0.25, 0.3) is 0 Å². The highest BCUT2D eigenvalue weighted by Gasteiger charge is 2.14. The monoisotopic (exact) mass is 364 g/mol. The second-order valence-corrected chi connectivity index (χ2v) is 7.64. The Morgan fingerprint density at radius 1 is 1.12 bits per heavy atom. The minimum absolute atomic E-state index is 0.0509. The van der Waals surface area contributed by atoms with E-state index in [1.165, 1.54) is 17.7 Å². The number of rotatable bonds is 3. The van der Waals surface area contributed by atoms with E-state index in [0.717, 1.165) is 5.56 Å². The molecule has 0 aromatic heterocycles. The van der Waals surface area contributed by atoms with Crippen LogP contribution >= 0.6 is 23.8 Å². The first-order valence-electron chi connectivity index (χ1n) is 7.80. The summed E-state index contributed by atoms with van der Waals surface area (Å²) in [5, 5.41) is 6.76. The van der Waals surface area contributed by atoms with E-state index in [9.17, 15) is 4.39 Å². The average molecular weight is 365 g/mol. The van der Waals surface area contributed by atoms with Gasteiger partial charge in [-0.15, -0.1) is 0 Å². The van der Waals surface area contributed by atoms with E-state index in [-0.39, 0.29) is 16.5 Å². The normalized spacial score (nSPS) is 12.6. The fourth-order valence-electron chi connectivity index (χ4n) is 2.29. The van der Waals surface area contributed by atoms with Gasteiger partial charge in [-0.2, -0.15) is 0 Å². The summed E-state index contributed by atoms with van der Waals surface area (Å²) in [7, 11) is 0. The van der Waals surface area contributed by atoms with Gasteiger partial charge < -0.3 is 10.6 Å². The van der Waals surface area contributed by atoms with Gasteiger partial charge in [-0.3, -0.25) is 0 Å². The second-order valence-electron chi connectivity index (χ2n) is 6.82. The van der Waals surface area contributed by atoms with Crippen molar-refractivity contribution in [3.8, 4) is 0 Å². The molecule has 5 heteroatoms. The Bertz CT molecular complexity index is 723. The number of hydrogen-bond acceptors (Lipinski definition) is 1. The first-order chi connectivity index (χ1) is 11.2. The molecule has 0 bridgehead atoms. The molecule has 0 spiro atoms. The van der Waals surface area contributed by atoms with Crippen LogP contribution in [0.2, 0.25) is 5.02 Å². The molecule has 2 nitrogen and oxygen atoms in total. The Hall–Kier alpha value is -1.65. The van der Waals surface area contributed by atoms with Crippen LogP contribution in [0.1, 0.15) is 44.9 Å². The standard InChI is InChI=1S/C19H22ClFN2S/c1-12(13-5-7-14(8-6-13)19(2,3)4)22-18(24)23-15-9-10-17(21)16(20)11-15/h5-12H,1-4H3,(H2,22,23,24)/t12-/m0/s1. The van der Waals surface area contributed by atoms with Gasteiger partial charge in [-0.1, -0.05) is 56.6 Å². The van der Waals surface area contributed by atoms with Gasteiger partial charge in [0.2, 0.25) is 0 Å². The summed E-state index contributed by atoms with van der Waals surface area (Å²) in [6, 6.07) is 13.0. The first kappa shape index (κ1) is 18.7. The van der Waals surface area contributed by atoms with Gasteiger partial charge in [0.1, 0.15) is 5.82 Å². The molecule has 0 fully saturated rings. The van der Waals surface area contributed by atoms with Gasteiger partial charge in [-0.05, 0) is 53.9 Å². The van der Waals surface area contributed by atoms with Gasteiger partial charge in [0.05, 0.1) is 11.1 Å². The third-order valence-electron chi connectivity index (χ3n) is 3.80. The molecule has 0 aliphatic rings. The van der Waals surface area contributed by atoms with Crippen LogP contribution < -0.4 is 10.6 Å². The van der Waals surface area contributed by atoms with E-state index in [0.29, 0.717) is 10.8 Å². The van der Waals surface area contributed by atoms with Crippen molar-refractivity contribution in [3.05, 3.63) is 64.4 Å². The highest BCUT2D eigenvalue weighted by molar-refractivity contribution is 7.80. The molecule has 2 aromatic carbocycles. The topological polar surface area (TPSA) is 24.1 Å². The molecule has 128 valence electrons. The Morgan fingerprint density at radius 3 is 2.29 bits per heavy atom. The predicted molar refractivity (Wildman–Crippen MR) is 104 cm³/mol. The van der Waals surface area contributed by atoms with Crippen molar-refractivity contribution >= 4 is 34.6 Å². The molecule has 0 saturated carbocycles. The molecular weight excluding hydrogens is 343 g/mol. The zero-order valence-electron chi connectivity index (χ0n) is 14.3. The van der Waals surface area contributed by atoms with Crippen LogP contribution in [0.3, 0.4) is 0 Å². The minimum Gasteiger partial charge on any atom is -0.356 e. The number of nitrogens with one attached hydrogen (secondary N) is 2. The van der Waals surface area contributed by atoms with Crippen molar-refractivity contribution in [1.29, 1.82) is 0 Å². The van der Waals surface area contributed by atoms with Crippen LogP contribution in [0.5, 0.6) is 0 Å². The molecular formula is C19H22ClFN2S. The molecule has 0 radical (unpaired) electrons. The summed E-state index contributed by atoms with van der Waals surface area (Å²) in [4.78, 5) is 0. The fourth-order valence-corrected chi connectivity index (χ4v) is 2.77. The Labute approximate surface area is 153 Å². The van der Waals surface area contributed by atoms with Crippen LogP contribution in [0, 0.1) is 5.82 Å². The van der Waals surface area contributed by atoms with Gasteiger partial charge in [0, 0.05) is 5.69 Å². The summed E-state index contributed by atoms with van der Waals surface area (Å²) in [6.45, 7) is 8.61. The number of benzene rings is 2. The maximum absolute atomic E-state index is 13.2. The lowest BCUT2D eigenvalue weighted by Crippen LogP contribution is -2.30. The number of anilines is 1. The Kier molecular flexibility index (Phi) is 5.83. The third kappa shape index (κ3) is 4.92. The van der Waals surface area contributed by atoms with Gasteiger partial charge >= 0.3 is 0 Å². The average Bonchev–Trinajstić information content (AvgIpc) is 2.50. The van der Waals surface area contributed by atoms with Crippen molar-refractivity contribution in [2.24, 2.45) is 0 Å². The van der Waals surface area contributed by atoms with Crippen LogP contribution in [0.15, 0.2) is 42.5 Å². The predicted octanol–water partition coefficient (Wildman–Crippen LogP) is 5.82. The van der Waals surface area contributed by atoms with Crippen molar-refractivity contribution in [2.75, 3.05) is 5.32 Å². The summed E-state index contributed by atoms with van der Waals surface area (Å²) in [6.07, 6.45) is 0. The summed E-state index contributed by atoms with van der Waals surface area (Å²) < 4.78 is 13.2. The molecule has 0 saturated heterocycles. The van der Waals surface area contributed by atoms with E-state index in [2.05, 4.69) is 55.7 Å². The van der Waals surface area contributed by atoms with Gasteiger partial charge in [-0.25, -0.2) is 4.39 Å². The molecule has 0 amide bonds. The second kappa shape index (κ2) is 7.49. The highest BCUT2D eigenvalue weighted by Crippen LogP contribution is 2.24. The maximum Gasteiger partial charge on any atom is 0.171 e. The quantitative estimate of drug-likeness (QED) is 0.670.